The van der Waals surface area contributed by atoms with E-state index in [9.17, 15) is 0 Å². The van der Waals surface area contributed by atoms with Gasteiger partial charge in [-0.25, -0.2) is 0 Å². The predicted molar refractivity (Wildman–Crippen MR) is 82.1 cm³/mol. The summed E-state index contributed by atoms with van der Waals surface area (Å²) in [6.07, 6.45) is 1.20. The Morgan fingerprint density at radius 3 is 2.62 bits per heavy atom. The molecule has 3 rings (SSSR count). The van der Waals surface area contributed by atoms with Gasteiger partial charge in [-0.2, -0.15) is 0 Å². The zero-order valence-electron chi connectivity index (χ0n) is 13.0. The van der Waals surface area contributed by atoms with Crippen LogP contribution in [0.25, 0.3) is 0 Å². The molecule has 0 aliphatic carbocycles. The van der Waals surface area contributed by atoms with Crippen LogP contribution in [0.4, 0.5) is 0 Å². The van der Waals surface area contributed by atoms with E-state index in [2.05, 4.69) is 66.2 Å². The van der Waals surface area contributed by atoms with Crippen molar-refractivity contribution < 1.29 is 4.42 Å². The van der Waals surface area contributed by atoms with Gasteiger partial charge in [-0.05, 0) is 24.4 Å². The first-order valence-corrected chi connectivity index (χ1v) is 7.62. The number of nitrogens with zero attached hydrogens (tertiary/aromatic N) is 3. The maximum Gasteiger partial charge on any atom is 0.230 e. The Hall–Kier alpha value is -1.68. The normalized spacial score (nSPS) is 20.0. The molecule has 0 N–H and O–H groups in total. The Balaban J connectivity index is 1.61. The Morgan fingerprint density at radius 2 is 1.95 bits per heavy atom. The predicted octanol–water partition coefficient (Wildman–Crippen LogP) is 3.36. The van der Waals surface area contributed by atoms with Crippen LogP contribution in [0.15, 0.2) is 34.7 Å². The summed E-state index contributed by atoms with van der Waals surface area (Å²) in [7, 11) is 0. The van der Waals surface area contributed by atoms with Gasteiger partial charge in [0, 0.05) is 12.0 Å². The highest BCUT2D eigenvalue weighted by molar-refractivity contribution is 5.21. The van der Waals surface area contributed by atoms with E-state index in [0.717, 1.165) is 31.4 Å². The molecule has 0 spiro atoms. The van der Waals surface area contributed by atoms with Gasteiger partial charge in [-0.1, -0.05) is 51.1 Å². The highest BCUT2D eigenvalue weighted by atomic mass is 16.4. The third-order valence-corrected chi connectivity index (χ3v) is 4.01. The first kappa shape index (κ1) is 14.3. The van der Waals surface area contributed by atoms with Crippen molar-refractivity contribution in [3.8, 4) is 0 Å². The lowest BCUT2D eigenvalue weighted by atomic mass is 9.97. The van der Waals surface area contributed by atoms with Gasteiger partial charge in [0.2, 0.25) is 11.8 Å². The smallest absolute Gasteiger partial charge is 0.230 e. The molecule has 0 amide bonds. The Labute approximate surface area is 126 Å². The topological polar surface area (TPSA) is 42.2 Å². The van der Waals surface area contributed by atoms with Crippen molar-refractivity contribution >= 4 is 0 Å². The molecule has 1 aromatic heterocycles. The molecular formula is C17H23N3O. The van der Waals surface area contributed by atoms with Gasteiger partial charge >= 0.3 is 0 Å². The maximum absolute atomic E-state index is 5.79. The molecule has 4 heteroatoms. The molecule has 0 radical (unpaired) electrons. The summed E-state index contributed by atoms with van der Waals surface area (Å²) in [5.74, 6) is 2.07. The number of likely N-dealkylation sites (tertiary alicyclic amines) is 1. The average Bonchev–Trinajstić information content (AvgIpc) is 3.09. The van der Waals surface area contributed by atoms with Gasteiger partial charge in [-0.15, -0.1) is 10.2 Å². The zero-order chi connectivity index (χ0) is 14.9. The first-order valence-electron chi connectivity index (χ1n) is 7.62. The fourth-order valence-corrected chi connectivity index (χ4v) is 2.79. The van der Waals surface area contributed by atoms with E-state index >= 15 is 0 Å². The number of aromatic nitrogens is 2. The Bertz CT molecular complexity index is 586. The molecule has 2 aromatic rings. The minimum Gasteiger partial charge on any atom is -0.423 e. The maximum atomic E-state index is 5.79. The molecular weight excluding hydrogens is 262 g/mol. The van der Waals surface area contributed by atoms with Crippen LogP contribution in [-0.4, -0.2) is 28.2 Å². The monoisotopic (exact) mass is 285 g/mol. The van der Waals surface area contributed by atoms with Crippen molar-refractivity contribution in [2.24, 2.45) is 0 Å². The Morgan fingerprint density at radius 1 is 1.19 bits per heavy atom. The molecule has 0 saturated carbocycles. The number of benzene rings is 1. The molecule has 1 saturated heterocycles. The molecule has 4 nitrogen and oxygen atoms in total. The first-order chi connectivity index (χ1) is 10.0. The van der Waals surface area contributed by atoms with E-state index in [0.29, 0.717) is 5.92 Å². The van der Waals surface area contributed by atoms with Gasteiger partial charge in [-0.3, -0.25) is 4.90 Å². The lowest BCUT2D eigenvalue weighted by molar-refractivity contribution is 0.274. The standard InChI is InChI=1S/C17H23N3O/c1-17(2,3)16-19-18-15(21-16)12-20-10-9-14(11-20)13-7-5-4-6-8-13/h4-8,14H,9-12H2,1-3H3. The second kappa shape index (κ2) is 5.60. The number of hydrogen-bond acceptors (Lipinski definition) is 4. The molecule has 1 unspecified atom stereocenters. The van der Waals surface area contributed by atoms with Crippen molar-refractivity contribution in [2.75, 3.05) is 13.1 Å². The summed E-state index contributed by atoms with van der Waals surface area (Å²) in [5, 5.41) is 8.35. The molecule has 1 atom stereocenters. The van der Waals surface area contributed by atoms with Gasteiger partial charge in [0.25, 0.3) is 0 Å². The summed E-state index contributed by atoms with van der Waals surface area (Å²) in [5.41, 5.74) is 1.35. The van der Waals surface area contributed by atoms with Gasteiger partial charge in [0.15, 0.2) is 0 Å². The molecule has 112 valence electrons. The molecule has 1 aliphatic heterocycles. The van der Waals surface area contributed by atoms with Crippen molar-refractivity contribution in [3.05, 3.63) is 47.7 Å². The number of rotatable bonds is 3. The SMILES string of the molecule is CC(C)(C)c1nnc(CN2CCC(c3ccccc3)C2)o1. The third-order valence-electron chi connectivity index (χ3n) is 4.01. The summed E-state index contributed by atoms with van der Waals surface area (Å²) in [4.78, 5) is 2.40. The second-order valence-electron chi connectivity index (χ2n) is 6.88. The highest BCUT2D eigenvalue weighted by Crippen LogP contribution is 2.28. The zero-order valence-corrected chi connectivity index (χ0v) is 13.0. The lowest BCUT2D eigenvalue weighted by Gasteiger charge is -2.14. The fraction of sp³-hybridized carbons (Fsp3) is 0.529. The average molecular weight is 285 g/mol. The second-order valence-corrected chi connectivity index (χ2v) is 6.88. The van der Waals surface area contributed by atoms with Crippen LogP contribution in [0.1, 0.15) is 50.5 Å². The van der Waals surface area contributed by atoms with Crippen LogP contribution >= 0.6 is 0 Å². The fourth-order valence-electron chi connectivity index (χ4n) is 2.79. The van der Waals surface area contributed by atoms with E-state index < -0.39 is 0 Å². The van der Waals surface area contributed by atoms with Crippen molar-refractivity contribution in [1.29, 1.82) is 0 Å². The van der Waals surface area contributed by atoms with Crippen molar-refractivity contribution in [2.45, 2.75) is 45.1 Å². The van der Waals surface area contributed by atoms with Crippen LogP contribution in [0, 0.1) is 0 Å². The molecule has 21 heavy (non-hydrogen) atoms. The van der Waals surface area contributed by atoms with Crippen molar-refractivity contribution in [1.82, 2.24) is 15.1 Å². The number of hydrogen-bond donors (Lipinski definition) is 0. The van der Waals surface area contributed by atoms with E-state index in [1.807, 2.05) is 0 Å². The quantitative estimate of drug-likeness (QED) is 0.867. The summed E-state index contributed by atoms with van der Waals surface area (Å²) in [6, 6.07) is 10.7. The van der Waals surface area contributed by atoms with Crippen molar-refractivity contribution in [3.63, 3.8) is 0 Å². The van der Waals surface area contributed by atoms with E-state index in [-0.39, 0.29) is 5.41 Å². The lowest BCUT2D eigenvalue weighted by Crippen LogP contribution is -2.20. The van der Waals surface area contributed by atoms with Crippen LogP contribution in [0.2, 0.25) is 0 Å². The van der Waals surface area contributed by atoms with Crippen LogP contribution < -0.4 is 0 Å². The molecule has 1 aliphatic rings. The van der Waals surface area contributed by atoms with Crippen LogP contribution in [-0.2, 0) is 12.0 Å². The van der Waals surface area contributed by atoms with E-state index in [4.69, 9.17) is 4.42 Å². The minimum absolute atomic E-state index is 0.0805. The summed E-state index contributed by atoms with van der Waals surface area (Å²) >= 11 is 0. The van der Waals surface area contributed by atoms with Gasteiger partial charge < -0.3 is 4.42 Å². The van der Waals surface area contributed by atoms with Crippen LogP contribution in [0.5, 0.6) is 0 Å². The minimum atomic E-state index is -0.0805. The highest BCUT2D eigenvalue weighted by Gasteiger charge is 2.26. The molecule has 2 heterocycles. The third kappa shape index (κ3) is 3.32. The largest absolute Gasteiger partial charge is 0.423 e. The van der Waals surface area contributed by atoms with Crippen LogP contribution in [0.3, 0.4) is 0 Å². The summed E-state index contributed by atoms with van der Waals surface area (Å²) < 4.78 is 5.79. The Kier molecular flexibility index (Phi) is 3.81. The van der Waals surface area contributed by atoms with Gasteiger partial charge in [0.05, 0.1) is 6.54 Å². The molecule has 0 bridgehead atoms. The molecule has 1 fully saturated rings. The van der Waals surface area contributed by atoms with E-state index in [1.54, 1.807) is 0 Å². The molecule has 1 aromatic carbocycles. The summed E-state index contributed by atoms with van der Waals surface area (Å²) in [6.45, 7) is 9.18. The van der Waals surface area contributed by atoms with E-state index in [1.165, 1.54) is 12.0 Å². The van der Waals surface area contributed by atoms with Gasteiger partial charge in [0.1, 0.15) is 0 Å².